The molecule has 3 amide bonds. The van der Waals surface area contributed by atoms with Gasteiger partial charge in [0.15, 0.2) is 5.75 Å². The number of hydrogen-bond donors (Lipinski definition) is 4. The number of nitrogens with two attached hydrogens (primary N) is 2. The minimum Gasteiger partial charge on any atom is -0.370 e. The largest absolute Gasteiger partial charge is 0.409 e. The van der Waals surface area contributed by atoms with Crippen LogP contribution in [-0.4, -0.2) is 32.2 Å². The molecule has 0 spiro atoms. The molecule has 45 heavy (non-hydrogen) atoms. The minimum atomic E-state index is -4.57. The predicted molar refractivity (Wildman–Crippen MR) is 180 cm³/mol. The number of benzene rings is 2. The maximum atomic E-state index is 13.3. The van der Waals surface area contributed by atoms with Gasteiger partial charge in [-0.1, -0.05) is 81.4 Å². The zero-order valence-electron chi connectivity index (χ0n) is 28.4. The molecule has 0 fully saturated rings. The van der Waals surface area contributed by atoms with Gasteiger partial charge in [-0.3, -0.25) is 14.4 Å². The summed E-state index contributed by atoms with van der Waals surface area (Å²) in [6.45, 7) is 20.0. The molecule has 1 atom stereocenters. The van der Waals surface area contributed by atoms with Gasteiger partial charge in [0, 0.05) is 23.2 Å². The minimum absolute atomic E-state index is 0.0275. The number of carbonyl (C=O) groups is 3. The normalized spacial score (nSPS) is 12.7. The average Bonchev–Trinajstić information content (AvgIpc) is 2.90. The van der Waals surface area contributed by atoms with Crippen LogP contribution >= 0.6 is 0 Å². The molecule has 0 saturated carbocycles. The third-order valence-corrected chi connectivity index (χ3v) is 8.58. The van der Waals surface area contributed by atoms with E-state index in [2.05, 4.69) is 63.7 Å². The van der Waals surface area contributed by atoms with Crippen molar-refractivity contribution in [3.8, 4) is 5.75 Å². The summed E-state index contributed by atoms with van der Waals surface area (Å²) in [5, 5.41) is 2.75. The van der Waals surface area contributed by atoms with E-state index in [9.17, 15) is 22.8 Å². The van der Waals surface area contributed by atoms with Gasteiger partial charge in [-0.25, -0.2) is 4.72 Å². The molecule has 6 N–H and O–H groups in total. The molecule has 0 aliphatic heterocycles. The summed E-state index contributed by atoms with van der Waals surface area (Å²) in [5.74, 6) is -1.48. The van der Waals surface area contributed by atoms with Crippen molar-refractivity contribution in [3.63, 3.8) is 0 Å². The number of nitrogens with one attached hydrogen (secondary N) is 2. The van der Waals surface area contributed by atoms with Crippen molar-refractivity contribution in [2.75, 3.05) is 5.32 Å². The Balaban J connectivity index is 2.42. The third kappa shape index (κ3) is 10.6. The number of rotatable bonds is 15. The Morgan fingerprint density at radius 2 is 1.22 bits per heavy atom. The van der Waals surface area contributed by atoms with Crippen LogP contribution in [0.15, 0.2) is 24.3 Å². The van der Waals surface area contributed by atoms with Gasteiger partial charge in [0.1, 0.15) is 0 Å². The van der Waals surface area contributed by atoms with Crippen LogP contribution < -0.4 is 25.7 Å². The highest BCUT2D eigenvalue weighted by Crippen LogP contribution is 2.38. The number of carbonyl (C=O) groups excluding carboxylic acids is 3. The first-order valence-corrected chi connectivity index (χ1v) is 17.1. The fourth-order valence-corrected chi connectivity index (χ4v) is 5.94. The molecule has 0 heterocycles. The molecule has 250 valence electrons. The monoisotopic (exact) mass is 644 g/mol. The zero-order valence-corrected chi connectivity index (χ0v) is 29.2. The SMILES string of the molecule is CC(C)c1cc(C(C)C)c(CC(=O)NS(=O)(=O)Oc2c(C(C)C)cc(NC(=O)C(N)CCC(N)=O)cc2C(C)C)c(C(C)C)c1. The highest BCUT2D eigenvalue weighted by atomic mass is 32.2. The second-order valence-electron chi connectivity index (χ2n) is 13.3. The summed E-state index contributed by atoms with van der Waals surface area (Å²) < 4.78 is 34.4. The molecule has 0 radical (unpaired) electrons. The summed E-state index contributed by atoms with van der Waals surface area (Å²) in [6, 6.07) is 6.53. The Morgan fingerprint density at radius 3 is 1.62 bits per heavy atom. The van der Waals surface area contributed by atoms with E-state index in [-0.39, 0.29) is 48.7 Å². The van der Waals surface area contributed by atoms with Crippen LogP contribution in [0.5, 0.6) is 5.75 Å². The molecule has 2 rings (SSSR count). The molecule has 1 unspecified atom stereocenters. The molecule has 2 aromatic carbocycles. The number of amides is 3. The van der Waals surface area contributed by atoms with Crippen LogP contribution in [0.25, 0.3) is 0 Å². The molecule has 0 bridgehead atoms. The van der Waals surface area contributed by atoms with E-state index >= 15 is 0 Å². The van der Waals surface area contributed by atoms with Crippen molar-refractivity contribution in [1.29, 1.82) is 0 Å². The Kier molecular flexibility index (Phi) is 13.2. The van der Waals surface area contributed by atoms with Crippen molar-refractivity contribution < 1.29 is 27.0 Å². The molecular formula is C34H52N4O6S. The predicted octanol–water partition coefficient (Wildman–Crippen LogP) is 5.82. The maximum Gasteiger partial charge on any atom is 0.409 e. The second kappa shape index (κ2) is 15.7. The van der Waals surface area contributed by atoms with Gasteiger partial charge in [-0.2, -0.15) is 8.42 Å². The van der Waals surface area contributed by atoms with Gasteiger partial charge in [-0.15, -0.1) is 0 Å². The third-order valence-electron chi connectivity index (χ3n) is 7.72. The molecule has 2 aromatic rings. The van der Waals surface area contributed by atoms with E-state index in [1.165, 1.54) is 5.56 Å². The Labute approximate surface area is 269 Å². The van der Waals surface area contributed by atoms with E-state index in [1.807, 2.05) is 27.7 Å². The quantitative estimate of drug-likeness (QED) is 0.189. The van der Waals surface area contributed by atoms with Crippen LogP contribution in [0.4, 0.5) is 5.69 Å². The van der Waals surface area contributed by atoms with E-state index < -0.39 is 34.1 Å². The molecule has 0 aromatic heterocycles. The summed E-state index contributed by atoms with van der Waals surface area (Å²) in [5.41, 5.74) is 16.6. The Bertz CT molecular complexity index is 1440. The lowest BCUT2D eigenvalue weighted by Gasteiger charge is -2.23. The van der Waals surface area contributed by atoms with Crippen LogP contribution in [0, 0.1) is 0 Å². The fourth-order valence-electron chi connectivity index (χ4n) is 5.14. The van der Waals surface area contributed by atoms with Gasteiger partial charge < -0.3 is 21.0 Å². The average molecular weight is 645 g/mol. The summed E-state index contributed by atoms with van der Waals surface area (Å²) >= 11 is 0. The first kappa shape index (κ1) is 37.7. The summed E-state index contributed by atoms with van der Waals surface area (Å²) in [4.78, 5) is 37.1. The maximum absolute atomic E-state index is 13.3. The van der Waals surface area contributed by atoms with Crippen LogP contribution in [-0.2, 0) is 31.1 Å². The molecule has 0 aliphatic carbocycles. The number of hydrogen-bond acceptors (Lipinski definition) is 7. The van der Waals surface area contributed by atoms with Crippen molar-refractivity contribution >= 4 is 33.7 Å². The number of primary amides is 1. The van der Waals surface area contributed by atoms with Crippen molar-refractivity contribution in [3.05, 3.63) is 57.6 Å². The highest BCUT2D eigenvalue weighted by molar-refractivity contribution is 7.85. The molecular weight excluding hydrogens is 592 g/mol. The molecule has 11 heteroatoms. The standard InChI is InChI=1S/C34H52N4O6S/c1-18(2)23-13-25(19(3)4)29(26(14-23)20(5)6)17-32(40)38-45(42,43)44-33-27(21(7)8)15-24(16-28(33)22(9)10)37-34(41)30(35)11-12-31(36)39/h13-16,18-22,30H,11-12,17,35H2,1-10H3,(H2,36,39)(H,37,41)(H,38,40). The molecule has 0 aliphatic rings. The molecule has 0 saturated heterocycles. The first-order chi connectivity index (χ1) is 20.7. The Hall–Kier alpha value is -3.44. The smallest absolute Gasteiger partial charge is 0.370 e. The van der Waals surface area contributed by atoms with Gasteiger partial charge in [0.25, 0.3) is 0 Å². The van der Waals surface area contributed by atoms with E-state index in [0.717, 1.165) is 16.7 Å². The van der Waals surface area contributed by atoms with Gasteiger partial charge in [-0.05, 0) is 70.4 Å². The second-order valence-corrected chi connectivity index (χ2v) is 14.6. The fraction of sp³-hybridized carbons (Fsp3) is 0.559. The lowest BCUT2D eigenvalue weighted by molar-refractivity contribution is -0.120. The van der Waals surface area contributed by atoms with E-state index in [0.29, 0.717) is 22.7 Å². The van der Waals surface area contributed by atoms with Gasteiger partial charge in [0.05, 0.1) is 12.5 Å². The van der Waals surface area contributed by atoms with E-state index in [1.54, 1.807) is 12.1 Å². The lowest BCUT2D eigenvalue weighted by atomic mass is 9.83. The van der Waals surface area contributed by atoms with Crippen molar-refractivity contribution in [2.45, 2.75) is 124 Å². The van der Waals surface area contributed by atoms with Crippen LogP contribution in [0.3, 0.4) is 0 Å². The van der Waals surface area contributed by atoms with E-state index in [4.69, 9.17) is 15.7 Å². The van der Waals surface area contributed by atoms with Crippen LogP contribution in [0.1, 0.15) is 145 Å². The van der Waals surface area contributed by atoms with Crippen LogP contribution in [0.2, 0.25) is 0 Å². The van der Waals surface area contributed by atoms with Crippen molar-refractivity contribution in [2.24, 2.45) is 11.5 Å². The summed E-state index contributed by atoms with van der Waals surface area (Å²) in [6.07, 6.45) is -0.0507. The molecule has 10 nitrogen and oxygen atoms in total. The zero-order chi connectivity index (χ0) is 34.4. The topological polar surface area (TPSA) is 171 Å². The van der Waals surface area contributed by atoms with Crippen molar-refractivity contribution in [1.82, 2.24) is 4.72 Å². The van der Waals surface area contributed by atoms with Gasteiger partial charge >= 0.3 is 10.3 Å². The highest BCUT2D eigenvalue weighted by Gasteiger charge is 2.27. The lowest BCUT2D eigenvalue weighted by Crippen LogP contribution is -2.37. The Morgan fingerprint density at radius 1 is 0.756 bits per heavy atom. The summed E-state index contributed by atoms with van der Waals surface area (Å²) in [7, 11) is -4.57. The van der Waals surface area contributed by atoms with Gasteiger partial charge in [0.2, 0.25) is 17.7 Å². The first-order valence-electron chi connectivity index (χ1n) is 15.7. The number of anilines is 1.